The SMILES string of the molecule is Cl.O=C(NCCc1cccc(Cl)c1)c1cn(C2CCNCC2)nn1. The summed E-state index contributed by atoms with van der Waals surface area (Å²) in [5, 5.41) is 15.0. The molecule has 0 bridgehead atoms. The molecule has 2 N–H and O–H groups in total. The Morgan fingerprint density at radius 2 is 2.17 bits per heavy atom. The molecule has 0 unspecified atom stereocenters. The van der Waals surface area contributed by atoms with Crippen molar-refractivity contribution in [2.24, 2.45) is 0 Å². The number of nitrogens with zero attached hydrogens (tertiary/aromatic N) is 3. The van der Waals surface area contributed by atoms with E-state index in [0.29, 0.717) is 23.3 Å². The number of piperidine rings is 1. The summed E-state index contributed by atoms with van der Waals surface area (Å²) in [5.41, 5.74) is 1.46. The smallest absolute Gasteiger partial charge is 0.273 e. The van der Waals surface area contributed by atoms with Gasteiger partial charge in [0, 0.05) is 11.6 Å². The van der Waals surface area contributed by atoms with Gasteiger partial charge in [0.1, 0.15) is 0 Å². The highest BCUT2D eigenvalue weighted by Crippen LogP contribution is 2.17. The molecule has 6 nitrogen and oxygen atoms in total. The molecule has 2 heterocycles. The van der Waals surface area contributed by atoms with Crippen molar-refractivity contribution < 1.29 is 4.79 Å². The van der Waals surface area contributed by atoms with Gasteiger partial charge in [-0.3, -0.25) is 4.79 Å². The Labute approximate surface area is 152 Å². The molecule has 1 aliphatic rings. The molecule has 2 aromatic rings. The van der Waals surface area contributed by atoms with Crippen LogP contribution in [0, 0.1) is 0 Å². The maximum atomic E-state index is 12.1. The molecule has 0 spiro atoms. The van der Waals surface area contributed by atoms with Crippen LogP contribution >= 0.6 is 24.0 Å². The molecule has 1 aliphatic heterocycles. The number of amides is 1. The van der Waals surface area contributed by atoms with Crippen LogP contribution in [-0.4, -0.2) is 40.5 Å². The molecular formula is C16H21Cl2N5O. The Morgan fingerprint density at radius 3 is 2.92 bits per heavy atom. The van der Waals surface area contributed by atoms with Gasteiger partial charge in [-0.2, -0.15) is 0 Å². The number of hydrogen-bond acceptors (Lipinski definition) is 4. The van der Waals surface area contributed by atoms with E-state index in [0.717, 1.165) is 37.9 Å². The second kappa shape index (κ2) is 9.01. The van der Waals surface area contributed by atoms with Crippen molar-refractivity contribution in [3.8, 4) is 0 Å². The molecule has 0 saturated carbocycles. The standard InChI is InChI=1S/C16H20ClN5O.ClH/c17-13-3-1-2-12(10-13)4-9-19-16(23)15-11-22(21-20-15)14-5-7-18-8-6-14;/h1-3,10-11,14,18H,4-9H2,(H,19,23);1H. The zero-order chi connectivity index (χ0) is 16.1. The Kier molecular flexibility index (Phi) is 7.02. The third-order valence-electron chi connectivity index (χ3n) is 4.01. The molecular weight excluding hydrogens is 349 g/mol. The first kappa shape index (κ1) is 18.7. The quantitative estimate of drug-likeness (QED) is 0.847. The van der Waals surface area contributed by atoms with Crippen molar-refractivity contribution in [3.05, 3.63) is 46.7 Å². The number of aromatic nitrogens is 3. The monoisotopic (exact) mass is 369 g/mol. The fourth-order valence-corrected chi connectivity index (χ4v) is 2.95. The van der Waals surface area contributed by atoms with Gasteiger partial charge in [0.05, 0.1) is 12.2 Å². The van der Waals surface area contributed by atoms with E-state index in [1.807, 2.05) is 28.9 Å². The Bertz CT molecular complexity index is 670. The minimum Gasteiger partial charge on any atom is -0.350 e. The number of halogens is 2. The van der Waals surface area contributed by atoms with Gasteiger partial charge in [-0.1, -0.05) is 28.9 Å². The first-order valence-corrected chi connectivity index (χ1v) is 8.25. The summed E-state index contributed by atoms with van der Waals surface area (Å²) in [6.07, 6.45) is 4.50. The highest BCUT2D eigenvalue weighted by atomic mass is 35.5. The largest absolute Gasteiger partial charge is 0.350 e. The highest BCUT2D eigenvalue weighted by molar-refractivity contribution is 6.30. The maximum Gasteiger partial charge on any atom is 0.273 e. The molecule has 3 rings (SSSR count). The average Bonchev–Trinajstić information content (AvgIpc) is 3.06. The lowest BCUT2D eigenvalue weighted by molar-refractivity contribution is 0.0949. The van der Waals surface area contributed by atoms with E-state index in [1.54, 1.807) is 6.20 Å². The topological polar surface area (TPSA) is 71.8 Å². The maximum absolute atomic E-state index is 12.1. The zero-order valence-corrected chi connectivity index (χ0v) is 14.8. The number of carbonyl (C=O) groups excluding carboxylic acids is 1. The van der Waals surface area contributed by atoms with Gasteiger partial charge in [-0.15, -0.1) is 17.5 Å². The lowest BCUT2D eigenvalue weighted by atomic mass is 10.1. The third-order valence-corrected chi connectivity index (χ3v) is 4.25. The fourth-order valence-electron chi connectivity index (χ4n) is 2.73. The Morgan fingerprint density at radius 1 is 1.38 bits per heavy atom. The van der Waals surface area contributed by atoms with Crippen molar-refractivity contribution in [2.75, 3.05) is 19.6 Å². The lowest BCUT2D eigenvalue weighted by Gasteiger charge is -2.22. The van der Waals surface area contributed by atoms with Gasteiger partial charge < -0.3 is 10.6 Å². The van der Waals surface area contributed by atoms with Crippen molar-refractivity contribution >= 4 is 29.9 Å². The molecule has 0 atom stereocenters. The number of rotatable bonds is 5. The molecule has 130 valence electrons. The second-order valence-electron chi connectivity index (χ2n) is 5.70. The Hall–Kier alpha value is -1.63. The molecule has 1 aromatic carbocycles. The number of carbonyl (C=O) groups is 1. The van der Waals surface area contributed by atoms with Crippen molar-refractivity contribution in [1.29, 1.82) is 0 Å². The Balaban J connectivity index is 0.00000208. The molecule has 0 aliphatic carbocycles. The van der Waals surface area contributed by atoms with Crippen LogP contribution in [0.4, 0.5) is 0 Å². The molecule has 1 saturated heterocycles. The predicted molar refractivity (Wildman–Crippen MR) is 95.9 cm³/mol. The number of nitrogens with one attached hydrogen (secondary N) is 2. The van der Waals surface area contributed by atoms with Crippen LogP contribution in [0.15, 0.2) is 30.5 Å². The number of hydrogen-bond donors (Lipinski definition) is 2. The predicted octanol–water partition coefficient (Wildman–Crippen LogP) is 2.25. The van der Waals surface area contributed by atoms with Crippen LogP contribution in [0.25, 0.3) is 0 Å². The summed E-state index contributed by atoms with van der Waals surface area (Å²) in [5.74, 6) is -0.188. The van der Waals surface area contributed by atoms with E-state index in [-0.39, 0.29) is 18.3 Å². The third kappa shape index (κ3) is 4.93. The molecule has 8 heteroatoms. The lowest BCUT2D eigenvalue weighted by Crippen LogP contribution is -2.29. The van der Waals surface area contributed by atoms with Crippen molar-refractivity contribution in [3.63, 3.8) is 0 Å². The minimum atomic E-state index is -0.188. The zero-order valence-electron chi connectivity index (χ0n) is 13.2. The van der Waals surface area contributed by atoms with Gasteiger partial charge in [-0.25, -0.2) is 4.68 Å². The molecule has 1 fully saturated rings. The molecule has 0 radical (unpaired) electrons. The first-order chi connectivity index (χ1) is 11.2. The van der Waals surface area contributed by atoms with Crippen molar-refractivity contribution in [2.45, 2.75) is 25.3 Å². The van der Waals surface area contributed by atoms with E-state index >= 15 is 0 Å². The van der Waals surface area contributed by atoms with Gasteiger partial charge in [-0.05, 0) is 50.0 Å². The fraction of sp³-hybridized carbons (Fsp3) is 0.438. The average molecular weight is 370 g/mol. The van der Waals surface area contributed by atoms with E-state index in [9.17, 15) is 4.79 Å². The first-order valence-electron chi connectivity index (χ1n) is 7.87. The van der Waals surface area contributed by atoms with Crippen molar-refractivity contribution in [1.82, 2.24) is 25.6 Å². The van der Waals surface area contributed by atoms with Crippen LogP contribution < -0.4 is 10.6 Å². The summed E-state index contributed by atoms with van der Waals surface area (Å²) >= 11 is 5.95. The van der Waals surface area contributed by atoms with Crippen LogP contribution in [-0.2, 0) is 6.42 Å². The summed E-state index contributed by atoms with van der Waals surface area (Å²) in [7, 11) is 0. The summed E-state index contributed by atoms with van der Waals surface area (Å²) in [4.78, 5) is 12.1. The highest BCUT2D eigenvalue weighted by Gasteiger charge is 2.18. The summed E-state index contributed by atoms with van der Waals surface area (Å²) < 4.78 is 1.81. The van der Waals surface area contributed by atoms with Gasteiger partial charge in [0.2, 0.25) is 0 Å². The number of benzene rings is 1. The molecule has 1 aromatic heterocycles. The van der Waals surface area contributed by atoms with E-state index in [1.165, 1.54) is 0 Å². The van der Waals surface area contributed by atoms with E-state index < -0.39 is 0 Å². The molecule has 1 amide bonds. The minimum absolute atomic E-state index is 0. The van der Waals surface area contributed by atoms with Gasteiger partial charge >= 0.3 is 0 Å². The van der Waals surface area contributed by atoms with Crippen LogP contribution in [0.5, 0.6) is 0 Å². The summed E-state index contributed by atoms with van der Waals surface area (Å²) in [6.45, 7) is 2.50. The van der Waals surface area contributed by atoms with Gasteiger partial charge in [0.25, 0.3) is 5.91 Å². The normalized spacial score (nSPS) is 14.9. The van der Waals surface area contributed by atoms with Crippen LogP contribution in [0.1, 0.15) is 34.9 Å². The van der Waals surface area contributed by atoms with E-state index in [4.69, 9.17) is 11.6 Å². The van der Waals surface area contributed by atoms with Crippen LogP contribution in [0.2, 0.25) is 5.02 Å². The van der Waals surface area contributed by atoms with Gasteiger partial charge in [0.15, 0.2) is 5.69 Å². The molecule has 24 heavy (non-hydrogen) atoms. The summed E-state index contributed by atoms with van der Waals surface area (Å²) in [6, 6.07) is 7.97. The van der Waals surface area contributed by atoms with E-state index in [2.05, 4.69) is 20.9 Å². The second-order valence-corrected chi connectivity index (χ2v) is 6.14. The van der Waals surface area contributed by atoms with Crippen LogP contribution in [0.3, 0.4) is 0 Å².